The summed E-state index contributed by atoms with van der Waals surface area (Å²) < 4.78 is 7.00. The molecule has 1 spiro atoms. The van der Waals surface area contributed by atoms with E-state index >= 15 is 0 Å². The van der Waals surface area contributed by atoms with Crippen molar-refractivity contribution < 1.29 is 9.53 Å². The van der Waals surface area contributed by atoms with Gasteiger partial charge in [0.2, 0.25) is 0 Å². The third-order valence-electron chi connectivity index (χ3n) is 4.77. The van der Waals surface area contributed by atoms with Gasteiger partial charge in [-0.3, -0.25) is 4.79 Å². The minimum Gasteiger partial charge on any atom is -0.375 e. The smallest absolute Gasteiger partial charge is 0.167 e. The predicted octanol–water partition coefficient (Wildman–Crippen LogP) is 4.76. The van der Waals surface area contributed by atoms with E-state index in [4.69, 9.17) is 4.74 Å². The molecule has 0 N–H and O–H groups in total. The number of benzene rings is 1. The highest BCUT2D eigenvalue weighted by atomic mass is 79.9. The number of rotatable bonds is 2. The minimum absolute atomic E-state index is 0.00190. The molecule has 1 aliphatic heterocycles. The van der Waals surface area contributed by atoms with E-state index in [-0.39, 0.29) is 17.3 Å². The standard InChI is InChI=1S/C17H21BrO2/c18-15-7-3-2-6-14(15)16(19)13-8-11-20-17(12-13)9-4-1-5-10-17/h2-3,6-7,13H,1,4-5,8-12H2. The molecule has 1 aliphatic carbocycles. The van der Waals surface area contributed by atoms with E-state index in [1.165, 1.54) is 19.3 Å². The van der Waals surface area contributed by atoms with Crippen LogP contribution in [0, 0.1) is 5.92 Å². The van der Waals surface area contributed by atoms with Gasteiger partial charge in [-0.1, -0.05) is 53.4 Å². The number of halogens is 1. The molecule has 0 aromatic heterocycles. The average Bonchev–Trinajstić information content (AvgIpc) is 2.48. The number of carbonyl (C=O) groups is 1. The number of Topliss-reactive ketones (excluding diaryl/α,β-unsaturated/α-hetero) is 1. The van der Waals surface area contributed by atoms with E-state index in [2.05, 4.69) is 15.9 Å². The van der Waals surface area contributed by atoms with E-state index in [0.717, 1.165) is 42.3 Å². The largest absolute Gasteiger partial charge is 0.375 e. The van der Waals surface area contributed by atoms with E-state index < -0.39 is 0 Å². The van der Waals surface area contributed by atoms with Crippen LogP contribution in [0.25, 0.3) is 0 Å². The fraction of sp³-hybridized carbons (Fsp3) is 0.588. The SMILES string of the molecule is O=C(c1ccccc1Br)C1CCOC2(CCCCC2)C1. The van der Waals surface area contributed by atoms with Crippen molar-refractivity contribution in [1.29, 1.82) is 0 Å². The van der Waals surface area contributed by atoms with Gasteiger partial charge in [-0.15, -0.1) is 0 Å². The van der Waals surface area contributed by atoms with Crippen molar-refractivity contribution in [3.63, 3.8) is 0 Å². The van der Waals surface area contributed by atoms with Gasteiger partial charge in [-0.25, -0.2) is 0 Å². The molecule has 20 heavy (non-hydrogen) atoms. The van der Waals surface area contributed by atoms with Gasteiger partial charge in [-0.2, -0.15) is 0 Å². The predicted molar refractivity (Wildman–Crippen MR) is 83.0 cm³/mol. The maximum Gasteiger partial charge on any atom is 0.167 e. The maximum absolute atomic E-state index is 12.8. The Balaban J connectivity index is 1.77. The summed E-state index contributed by atoms with van der Waals surface area (Å²) in [6.45, 7) is 0.737. The van der Waals surface area contributed by atoms with Crippen molar-refractivity contribution in [3.8, 4) is 0 Å². The summed E-state index contributed by atoms with van der Waals surface area (Å²) in [6, 6.07) is 7.76. The molecular formula is C17H21BrO2. The van der Waals surface area contributed by atoms with Crippen molar-refractivity contribution in [3.05, 3.63) is 34.3 Å². The van der Waals surface area contributed by atoms with Crippen LogP contribution in [-0.4, -0.2) is 18.0 Å². The van der Waals surface area contributed by atoms with E-state index in [9.17, 15) is 4.79 Å². The summed E-state index contributed by atoms with van der Waals surface area (Å²) in [5, 5.41) is 0. The van der Waals surface area contributed by atoms with Crippen molar-refractivity contribution in [2.75, 3.05) is 6.61 Å². The highest BCUT2D eigenvalue weighted by Gasteiger charge is 2.40. The molecule has 2 nitrogen and oxygen atoms in total. The van der Waals surface area contributed by atoms with Crippen LogP contribution in [0.1, 0.15) is 55.3 Å². The Labute approximate surface area is 129 Å². The Bertz CT molecular complexity index is 486. The van der Waals surface area contributed by atoms with Crippen molar-refractivity contribution >= 4 is 21.7 Å². The lowest BCUT2D eigenvalue weighted by Gasteiger charge is -2.43. The summed E-state index contributed by atoms with van der Waals surface area (Å²) in [4.78, 5) is 12.8. The van der Waals surface area contributed by atoms with Gasteiger partial charge >= 0.3 is 0 Å². The Morgan fingerprint density at radius 3 is 2.70 bits per heavy atom. The first-order chi connectivity index (χ1) is 9.70. The molecule has 0 bridgehead atoms. The van der Waals surface area contributed by atoms with Gasteiger partial charge < -0.3 is 4.74 Å². The summed E-state index contributed by atoms with van der Waals surface area (Å²) in [7, 11) is 0. The third kappa shape index (κ3) is 2.84. The molecule has 108 valence electrons. The summed E-state index contributed by atoms with van der Waals surface area (Å²) in [5.74, 6) is 0.409. The molecule has 1 aromatic carbocycles. The van der Waals surface area contributed by atoms with Crippen LogP contribution < -0.4 is 0 Å². The number of hydrogen-bond donors (Lipinski definition) is 0. The molecule has 1 heterocycles. The monoisotopic (exact) mass is 336 g/mol. The Morgan fingerprint density at radius 2 is 1.95 bits per heavy atom. The molecule has 3 heteroatoms. The lowest BCUT2D eigenvalue weighted by atomic mass is 9.74. The van der Waals surface area contributed by atoms with Crippen molar-refractivity contribution in [2.24, 2.45) is 5.92 Å². The van der Waals surface area contributed by atoms with Gasteiger partial charge in [0.15, 0.2) is 5.78 Å². The van der Waals surface area contributed by atoms with Crippen LogP contribution in [0.4, 0.5) is 0 Å². The quantitative estimate of drug-likeness (QED) is 0.727. The molecule has 1 aromatic rings. The zero-order chi connectivity index (χ0) is 14.0. The first-order valence-corrected chi connectivity index (χ1v) is 8.42. The van der Waals surface area contributed by atoms with Crippen molar-refractivity contribution in [2.45, 2.75) is 50.5 Å². The molecule has 1 saturated carbocycles. The second kappa shape index (κ2) is 5.98. The van der Waals surface area contributed by atoms with Crippen LogP contribution in [0.3, 0.4) is 0 Å². The molecule has 0 radical (unpaired) electrons. The molecule has 0 amide bonds. The van der Waals surface area contributed by atoms with Crippen molar-refractivity contribution in [1.82, 2.24) is 0 Å². The number of hydrogen-bond acceptors (Lipinski definition) is 2. The minimum atomic E-state index is -0.00190. The topological polar surface area (TPSA) is 26.3 Å². The zero-order valence-electron chi connectivity index (χ0n) is 11.7. The second-order valence-electron chi connectivity index (χ2n) is 6.13. The third-order valence-corrected chi connectivity index (χ3v) is 5.46. The second-order valence-corrected chi connectivity index (χ2v) is 6.98. The lowest BCUT2D eigenvalue weighted by molar-refractivity contribution is -0.111. The Morgan fingerprint density at radius 1 is 1.20 bits per heavy atom. The van der Waals surface area contributed by atoms with E-state index in [0.29, 0.717) is 0 Å². The Hall–Kier alpha value is -0.670. The fourth-order valence-electron chi connectivity index (χ4n) is 3.68. The molecule has 1 saturated heterocycles. The summed E-state index contributed by atoms with van der Waals surface area (Å²) in [6.07, 6.45) is 7.84. The average molecular weight is 337 g/mol. The fourth-order valence-corrected chi connectivity index (χ4v) is 4.16. The molecular weight excluding hydrogens is 316 g/mol. The molecule has 2 fully saturated rings. The molecule has 2 aliphatic rings. The van der Waals surface area contributed by atoms with Crippen LogP contribution >= 0.6 is 15.9 Å². The maximum atomic E-state index is 12.8. The van der Waals surface area contributed by atoms with Crippen LogP contribution in [0.15, 0.2) is 28.7 Å². The summed E-state index contributed by atoms with van der Waals surface area (Å²) in [5.41, 5.74) is 0.823. The number of carbonyl (C=O) groups excluding carboxylic acids is 1. The first-order valence-electron chi connectivity index (χ1n) is 7.63. The van der Waals surface area contributed by atoms with Gasteiger partial charge in [0.25, 0.3) is 0 Å². The van der Waals surface area contributed by atoms with Gasteiger partial charge in [0.05, 0.1) is 5.60 Å². The molecule has 1 atom stereocenters. The highest BCUT2D eigenvalue weighted by molar-refractivity contribution is 9.10. The van der Waals surface area contributed by atoms with E-state index in [1.54, 1.807) is 0 Å². The van der Waals surface area contributed by atoms with Crippen LogP contribution in [0.5, 0.6) is 0 Å². The lowest BCUT2D eigenvalue weighted by Crippen LogP contribution is -2.43. The normalized spacial score (nSPS) is 25.6. The van der Waals surface area contributed by atoms with Crippen LogP contribution in [-0.2, 0) is 4.74 Å². The molecule has 3 rings (SSSR count). The zero-order valence-corrected chi connectivity index (χ0v) is 13.3. The van der Waals surface area contributed by atoms with Gasteiger partial charge in [-0.05, 0) is 31.7 Å². The first kappa shape index (κ1) is 14.3. The number of ketones is 1. The Kier molecular flexibility index (Phi) is 4.27. The summed E-state index contributed by atoms with van der Waals surface area (Å²) >= 11 is 3.50. The highest BCUT2D eigenvalue weighted by Crippen LogP contribution is 2.41. The number of ether oxygens (including phenoxy) is 1. The molecule has 1 unspecified atom stereocenters. The van der Waals surface area contributed by atoms with Gasteiger partial charge in [0.1, 0.15) is 0 Å². The van der Waals surface area contributed by atoms with E-state index in [1.807, 2.05) is 24.3 Å². The van der Waals surface area contributed by atoms with Gasteiger partial charge in [0, 0.05) is 22.6 Å². The van der Waals surface area contributed by atoms with Crippen LogP contribution in [0.2, 0.25) is 0 Å².